The number of benzene rings is 2. The van der Waals surface area contributed by atoms with E-state index in [0.717, 1.165) is 11.6 Å². The summed E-state index contributed by atoms with van der Waals surface area (Å²) in [7, 11) is 0. The van der Waals surface area contributed by atoms with Gasteiger partial charge in [-0.2, -0.15) is 5.26 Å². The van der Waals surface area contributed by atoms with Gasteiger partial charge in [-0.25, -0.2) is 8.78 Å². The first-order valence-corrected chi connectivity index (χ1v) is 5.73. The molecule has 2 rings (SSSR count). The smallest absolute Gasteiger partial charge is 0.191 e. The summed E-state index contributed by atoms with van der Waals surface area (Å²) in [5.41, 5.74) is 0.943. The maximum absolute atomic E-state index is 13.9. The first-order chi connectivity index (χ1) is 9.22. The lowest BCUT2D eigenvalue weighted by molar-refractivity contribution is 0.273. The van der Waals surface area contributed by atoms with Crippen LogP contribution in [0, 0.1) is 23.0 Å². The zero-order valence-corrected chi connectivity index (χ0v) is 10.1. The molecular weight excluding hydrogens is 248 g/mol. The van der Waals surface area contributed by atoms with Gasteiger partial charge in [0.15, 0.2) is 17.4 Å². The first-order valence-electron chi connectivity index (χ1n) is 5.73. The summed E-state index contributed by atoms with van der Waals surface area (Å²) in [5, 5.41) is 8.56. The molecule has 96 valence electrons. The van der Waals surface area contributed by atoms with Gasteiger partial charge in [0, 0.05) is 5.56 Å². The molecule has 0 amide bonds. The highest BCUT2D eigenvalue weighted by molar-refractivity contribution is 5.34. The van der Waals surface area contributed by atoms with Crippen molar-refractivity contribution in [2.75, 3.05) is 0 Å². The van der Waals surface area contributed by atoms with Crippen molar-refractivity contribution in [3.05, 3.63) is 65.2 Å². The van der Waals surface area contributed by atoms with Crippen LogP contribution in [0.15, 0.2) is 42.5 Å². The van der Waals surface area contributed by atoms with Gasteiger partial charge in [0.05, 0.1) is 12.5 Å². The topological polar surface area (TPSA) is 33.0 Å². The van der Waals surface area contributed by atoms with E-state index in [9.17, 15) is 8.78 Å². The SMILES string of the molecule is N#CCc1ccc(F)c(OCc2ccccc2)c1F. The van der Waals surface area contributed by atoms with Crippen LogP contribution in [-0.4, -0.2) is 0 Å². The van der Waals surface area contributed by atoms with E-state index >= 15 is 0 Å². The van der Waals surface area contributed by atoms with Crippen molar-refractivity contribution in [3.63, 3.8) is 0 Å². The lowest BCUT2D eigenvalue weighted by Crippen LogP contribution is -2.02. The number of hydrogen-bond acceptors (Lipinski definition) is 2. The van der Waals surface area contributed by atoms with E-state index in [1.165, 1.54) is 6.07 Å². The predicted octanol–water partition coefficient (Wildman–Crippen LogP) is 3.61. The normalized spacial score (nSPS) is 9.95. The Morgan fingerprint density at radius 1 is 1.05 bits per heavy atom. The molecule has 0 unspecified atom stereocenters. The van der Waals surface area contributed by atoms with Gasteiger partial charge in [-0.1, -0.05) is 36.4 Å². The van der Waals surface area contributed by atoms with Crippen LogP contribution >= 0.6 is 0 Å². The first kappa shape index (κ1) is 13.0. The molecule has 0 saturated carbocycles. The average Bonchev–Trinajstić information content (AvgIpc) is 2.43. The van der Waals surface area contributed by atoms with Crippen molar-refractivity contribution < 1.29 is 13.5 Å². The van der Waals surface area contributed by atoms with Gasteiger partial charge in [-0.15, -0.1) is 0 Å². The maximum atomic E-state index is 13.9. The molecule has 0 bridgehead atoms. The summed E-state index contributed by atoms with van der Waals surface area (Å²) in [6.07, 6.45) is -0.117. The summed E-state index contributed by atoms with van der Waals surface area (Å²) in [4.78, 5) is 0. The molecule has 0 saturated heterocycles. The summed E-state index contributed by atoms with van der Waals surface area (Å²) in [5.74, 6) is -2.01. The Morgan fingerprint density at radius 3 is 2.47 bits per heavy atom. The number of ether oxygens (including phenoxy) is 1. The molecule has 0 aliphatic rings. The number of hydrogen-bond donors (Lipinski definition) is 0. The monoisotopic (exact) mass is 259 g/mol. The molecule has 0 fully saturated rings. The number of halogens is 2. The second-order valence-electron chi connectivity index (χ2n) is 3.96. The standard InChI is InChI=1S/C15H11F2NO/c16-13-7-6-12(8-9-18)14(17)15(13)19-10-11-4-2-1-3-5-11/h1-7H,8,10H2. The molecule has 4 heteroatoms. The molecule has 2 nitrogen and oxygen atoms in total. The van der Waals surface area contributed by atoms with Crippen molar-refractivity contribution >= 4 is 0 Å². The number of nitriles is 1. The lowest BCUT2D eigenvalue weighted by atomic mass is 10.1. The van der Waals surface area contributed by atoms with E-state index in [1.807, 2.05) is 24.3 Å². The third kappa shape index (κ3) is 3.08. The van der Waals surface area contributed by atoms with Gasteiger partial charge in [0.1, 0.15) is 6.61 Å². The second kappa shape index (κ2) is 5.96. The van der Waals surface area contributed by atoms with Crippen molar-refractivity contribution in [2.24, 2.45) is 0 Å². The third-order valence-corrected chi connectivity index (χ3v) is 2.62. The average molecular weight is 259 g/mol. The number of rotatable bonds is 4. The molecule has 0 heterocycles. The van der Waals surface area contributed by atoms with Crippen LogP contribution in [0.1, 0.15) is 11.1 Å². The Hall–Kier alpha value is -2.41. The molecule has 0 radical (unpaired) electrons. The van der Waals surface area contributed by atoms with E-state index in [1.54, 1.807) is 12.1 Å². The van der Waals surface area contributed by atoms with Crippen LogP contribution in [-0.2, 0) is 13.0 Å². The molecular formula is C15H11F2NO. The molecule has 0 spiro atoms. The zero-order chi connectivity index (χ0) is 13.7. The Bertz CT molecular complexity index is 606. The summed E-state index contributed by atoms with van der Waals surface area (Å²) in [6, 6.07) is 13.3. The molecule has 2 aromatic rings. The fraction of sp³-hybridized carbons (Fsp3) is 0.133. The van der Waals surface area contributed by atoms with Crippen LogP contribution in [0.25, 0.3) is 0 Å². The van der Waals surface area contributed by atoms with E-state index in [0.29, 0.717) is 0 Å². The minimum Gasteiger partial charge on any atom is -0.483 e. The largest absolute Gasteiger partial charge is 0.483 e. The quantitative estimate of drug-likeness (QED) is 0.840. The van der Waals surface area contributed by atoms with Gasteiger partial charge >= 0.3 is 0 Å². The molecule has 2 aromatic carbocycles. The third-order valence-electron chi connectivity index (χ3n) is 2.62. The molecule has 0 atom stereocenters. The van der Waals surface area contributed by atoms with Gasteiger partial charge in [-0.3, -0.25) is 0 Å². The molecule has 0 N–H and O–H groups in total. The van der Waals surface area contributed by atoms with Gasteiger partial charge < -0.3 is 4.74 Å². The van der Waals surface area contributed by atoms with Crippen molar-refractivity contribution in [1.82, 2.24) is 0 Å². The van der Waals surface area contributed by atoms with Crippen molar-refractivity contribution in [2.45, 2.75) is 13.0 Å². The van der Waals surface area contributed by atoms with Gasteiger partial charge in [0.25, 0.3) is 0 Å². The minimum absolute atomic E-state index is 0.0741. The van der Waals surface area contributed by atoms with Crippen LogP contribution in [0.3, 0.4) is 0 Å². The Kier molecular flexibility index (Phi) is 4.09. The lowest BCUT2D eigenvalue weighted by Gasteiger charge is -2.10. The van der Waals surface area contributed by atoms with Gasteiger partial charge in [0.2, 0.25) is 0 Å². The highest BCUT2D eigenvalue weighted by atomic mass is 19.1. The summed E-state index contributed by atoms with van der Waals surface area (Å²) < 4.78 is 32.6. The summed E-state index contributed by atoms with van der Waals surface area (Å²) in [6.45, 7) is 0.0741. The van der Waals surface area contributed by atoms with Gasteiger partial charge in [-0.05, 0) is 11.6 Å². The zero-order valence-electron chi connectivity index (χ0n) is 10.1. The molecule has 0 aliphatic carbocycles. The van der Waals surface area contributed by atoms with Crippen molar-refractivity contribution in [3.8, 4) is 11.8 Å². The van der Waals surface area contributed by atoms with Crippen LogP contribution in [0.4, 0.5) is 8.78 Å². The molecule has 0 aliphatic heterocycles. The second-order valence-corrected chi connectivity index (χ2v) is 3.96. The fourth-order valence-corrected chi connectivity index (χ4v) is 1.66. The maximum Gasteiger partial charge on any atom is 0.191 e. The minimum atomic E-state index is -0.808. The molecule has 19 heavy (non-hydrogen) atoms. The fourth-order valence-electron chi connectivity index (χ4n) is 1.66. The Labute approximate surface area is 109 Å². The molecule has 0 aromatic heterocycles. The van der Waals surface area contributed by atoms with Crippen LogP contribution < -0.4 is 4.74 Å². The highest BCUT2D eigenvalue weighted by Crippen LogP contribution is 2.25. The van der Waals surface area contributed by atoms with E-state index in [2.05, 4.69) is 0 Å². The highest BCUT2D eigenvalue weighted by Gasteiger charge is 2.15. The number of nitrogens with zero attached hydrogens (tertiary/aromatic N) is 1. The predicted molar refractivity (Wildman–Crippen MR) is 66.4 cm³/mol. The van der Waals surface area contributed by atoms with Crippen molar-refractivity contribution in [1.29, 1.82) is 5.26 Å². The van der Waals surface area contributed by atoms with Crippen LogP contribution in [0.5, 0.6) is 5.75 Å². The summed E-state index contributed by atoms with van der Waals surface area (Å²) >= 11 is 0. The van der Waals surface area contributed by atoms with Crippen LogP contribution in [0.2, 0.25) is 0 Å². The van der Waals surface area contributed by atoms with E-state index in [4.69, 9.17) is 10.00 Å². The van der Waals surface area contributed by atoms with E-state index < -0.39 is 17.4 Å². The Balaban J connectivity index is 2.20. The Morgan fingerprint density at radius 2 is 1.79 bits per heavy atom. The van der Waals surface area contributed by atoms with E-state index in [-0.39, 0.29) is 18.6 Å².